The van der Waals surface area contributed by atoms with Gasteiger partial charge in [0.2, 0.25) is 0 Å². The number of benzene rings is 1. The molecule has 1 aliphatic rings. The van der Waals surface area contributed by atoms with Gasteiger partial charge in [0, 0.05) is 18.4 Å². The molecule has 1 aliphatic carbocycles. The predicted molar refractivity (Wildman–Crippen MR) is 144 cm³/mol. The zero-order chi connectivity index (χ0) is 25.7. The van der Waals surface area contributed by atoms with Gasteiger partial charge in [-0.1, -0.05) is 90.0 Å². The van der Waals surface area contributed by atoms with Crippen LogP contribution in [0.1, 0.15) is 136 Å². The number of aliphatic hydroxyl groups excluding tert-OH is 1. The molecule has 1 N–H and O–H groups in total. The second-order valence-electron chi connectivity index (χ2n) is 11.0. The first-order valence-electron chi connectivity index (χ1n) is 14.3. The number of carbonyl (C=O) groups is 2. The number of ether oxygens (including phenoxy) is 1. The van der Waals surface area contributed by atoms with E-state index in [0.29, 0.717) is 25.9 Å². The van der Waals surface area contributed by atoms with E-state index < -0.39 is 5.41 Å². The number of aliphatic hydroxyl groups is 1. The lowest BCUT2D eigenvalue weighted by atomic mass is 9.86. The third-order valence-electron chi connectivity index (χ3n) is 7.82. The van der Waals surface area contributed by atoms with Gasteiger partial charge in [0.05, 0.1) is 18.6 Å². The summed E-state index contributed by atoms with van der Waals surface area (Å²) in [5.41, 5.74) is 4.29. The Morgan fingerprint density at radius 3 is 2.03 bits per heavy atom. The molecular weight excluding hydrogens is 436 g/mol. The number of fused-ring (bicyclic) bond motifs is 1. The van der Waals surface area contributed by atoms with Crippen LogP contribution in [0.5, 0.6) is 0 Å². The van der Waals surface area contributed by atoms with E-state index in [1.54, 1.807) is 0 Å². The molecule has 0 heterocycles. The van der Waals surface area contributed by atoms with E-state index in [1.165, 1.54) is 70.6 Å². The first kappa shape index (κ1) is 29.5. The van der Waals surface area contributed by atoms with Crippen molar-refractivity contribution in [2.24, 2.45) is 5.41 Å². The Bertz CT molecular complexity index is 813. The molecule has 0 aromatic heterocycles. The Morgan fingerprint density at radius 2 is 1.49 bits per heavy atom. The minimum atomic E-state index is -0.710. The SMILES string of the molecule is CCCCCCCCCCCCCCCC(=O)OCCc1c(C)cc2c(c1C)C(=O)C(C)(CO)C2. The maximum absolute atomic E-state index is 12.9. The number of hydrogen-bond donors (Lipinski definition) is 1. The van der Waals surface area contributed by atoms with E-state index in [0.717, 1.165) is 40.7 Å². The summed E-state index contributed by atoms with van der Waals surface area (Å²) in [7, 11) is 0. The minimum Gasteiger partial charge on any atom is -0.465 e. The average Bonchev–Trinajstić information content (AvgIpc) is 3.09. The molecule has 0 bridgehead atoms. The van der Waals surface area contributed by atoms with Gasteiger partial charge in [0.1, 0.15) is 0 Å². The van der Waals surface area contributed by atoms with Crippen LogP contribution < -0.4 is 0 Å². The van der Waals surface area contributed by atoms with Crippen LogP contribution in [-0.4, -0.2) is 30.1 Å². The molecule has 0 saturated carbocycles. The molecule has 4 heteroatoms. The number of carbonyl (C=O) groups excluding carboxylic acids is 2. The molecule has 0 amide bonds. The van der Waals surface area contributed by atoms with Crippen LogP contribution in [-0.2, 0) is 22.4 Å². The fraction of sp³-hybridized carbons (Fsp3) is 0.742. The number of hydrogen-bond acceptors (Lipinski definition) is 4. The van der Waals surface area contributed by atoms with Crippen LogP contribution in [0.25, 0.3) is 0 Å². The lowest BCUT2D eigenvalue weighted by molar-refractivity contribution is -0.143. The summed E-state index contributed by atoms with van der Waals surface area (Å²) >= 11 is 0. The van der Waals surface area contributed by atoms with Crippen LogP contribution in [0.4, 0.5) is 0 Å². The molecule has 0 fully saturated rings. The number of unbranched alkanes of at least 4 members (excludes halogenated alkanes) is 12. The Kier molecular flexibility index (Phi) is 13.0. The van der Waals surface area contributed by atoms with Crippen molar-refractivity contribution >= 4 is 11.8 Å². The molecule has 1 aromatic rings. The number of aryl methyl sites for hydroxylation is 1. The van der Waals surface area contributed by atoms with Crippen molar-refractivity contribution in [3.05, 3.63) is 33.9 Å². The van der Waals surface area contributed by atoms with E-state index in [-0.39, 0.29) is 18.4 Å². The highest BCUT2D eigenvalue weighted by molar-refractivity contribution is 6.06. The van der Waals surface area contributed by atoms with E-state index in [2.05, 4.69) is 19.9 Å². The molecular formula is C31H50O4. The first-order valence-corrected chi connectivity index (χ1v) is 14.3. The normalized spacial score (nSPS) is 17.1. The van der Waals surface area contributed by atoms with Gasteiger partial charge in [0.15, 0.2) is 5.78 Å². The fourth-order valence-corrected chi connectivity index (χ4v) is 5.50. The zero-order valence-electron chi connectivity index (χ0n) is 23.0. The smallest absolute Gasteiger partial charge is 0.305 e. The van der Waals surface area contributed by atoms with Gasteiger partial charge in [0.25, 0.3) is 0 Å². The molecule has 1 atom stereocenters. The summed E-state index contributed by atoms with van der Waals surface area (Å²) in [6, 6.07) is 2.08. The van der Waals surface area contributed by atoms with Crippen LogP contribution in [0, 0.1) is 19.3 Å². The van der Waals surface area contributed by atoms with Crippen molar-refractivity contribution in [3.8, 4) is 0 Å². The van der Waals surface area contributed by atoms with Crippen LogP contribution >= 0.6 is 0 Å². The van der Waals surface area contributed by atoms with Crippen LogP contribution in [0.3, 0.4) is 0 Å². The molecule has 0 spiro atoms. The van der Waals surface area contributed by atoms with Gasteiger partial charge in [-0.2, -0.15) is 0 Å². The molecule has 0 radical (unpaired) electrons. The van der Waals surface area contributed by atoms with Crippen molar-refractivity contribution in [2.45, 2.75) is 130 Å². The highest BCUT2D eigenvalue weighted by Crippen LogP contribution is 2.39. The number of rotatable bonds is 18. The van der Waals surface area contributed by atoms with Crippen molar-refractivity contribution in [2.75, 3.05) is 13.2 Å². The largest absolute Gasteiger partial charge is 0.465 e. The summed E-state index contributed by atoms with van der Waals surface area (Å²) < 4.78 is 5.51. The molecule has 1 aromatic carbocycles. The number of ketones is 1. The van der Waals surface area contributed by atoms with Gasteiger partial charge >= 0.3 is 5.97 Å². The maximum atomic E-state index is 12.9. The van der Waals surface area contributed by atoms with Gasteiger partial charge in [-0.15, -0.1) is 0 Å². The van der Waals surface area contributed by atoms with Crippen molar-refractivity contribution in [3.63, 3.8) is 0 Å². The molecule has 2 rings (SSSR count). The maximum Gasteiger partial charge on any atom is 0.305 e. The quantitative estimate of drug-likeness (QED) is 0.171. The van der Waals surface area contributed by atoms with E-state index in [4.69, 9.17) is 4.74 Å². The predicted octanol–water partition coefficient (Wildman–Crippen LogP) is 7.61. The summed E-state index contributed by atoms with van der Waals surface area (Å²) in [5, 5.41) is 9.71. The van der Waals surface area contributed by atoms with Gasteiger partial charge in [-0.25, -0.2) is 0 Å². The number of esters is 1. The monoisotopic (exact) mass is 486 g/mol. The van der Waals surface area contributed by atoms with E-state index >= 15 is 0 Å². The van der Waals surface area contributed by atoms with Gasteiger partial charge in [-0.3, -0.25) is 9.59 Å². The summed E-state index contributed by atoms with van der Waals surface area (Å²) in [5.74, 6) is -0.0818. The van der Waals surface area contributed by atoms with Crippen LogP contribution in [0.2, 0.25) is 0 Å². The van der Waals surface area contributed by atoms with E-state index in [1.807, 2.05) is 13.8 Å². The Balaban J connectivity index is 1.57. The highest BCUT2D eigenvalue weighted by atomic mass is 16.5. The highest BCUT2D eigenvalue weighted by Gasteiger charge is 2.42. The Morgan fingerprint density at radius 1 is 0.943 bits per heavy atom. The summed E-state index contributed by atoms with van der Waals surface area (Å²) in [6.45, 7) is 8.35. The standard InChI is InChI=1S/C31H50O4/c1-5-6-7-8-9-10-11-12-13-14-15-16-17-18-28(33)35-20-19-27-24(2)21-26-22-31(4,23-32)30(34)29(26)25(27)3/h21,32H,5-20,22-23H2,1-4H3. The minimum absolute atomic E-state index is 0.0353. The fourth-order valence-electron chi connectivity index (χ4n) is 5.50. The van der Waals surface area contributed by atoms with Gasteiger partial charge in [-0.05, 0) is 55.9 Å². The molecule has 198 valence electrons. The second kappa shape index (κ2) is 15.4. The van der Waals surface area contributed by atoms with Gasteiger partial charge < -0.3 is 9.84 Å². The first-order chi connectivity index (χ1) is 16.8. The molecule has 0 aliphatic heterocycles. The summed E-state index contributed by atoms with van der Waals surface area (Å²) in [6.07, 6.45) is 18.5. The summed E-state index contributed by atoms with van der Waals surface area (Å²) in [4.78, 5) is 25.0. The van der Waals surface area contributed by atoms with Crippen molar-refractivity contribution < 1.29 is 19.4 Å². The van der Waals surface area contributed by atoms with Crippen LogP contribution in [0.15, 0.2) is 6.07 Å². The third-order valence-corrected chi connectivity index (χ3v) is 7.82. The Hall–Kier alpha value is -1.68. The van der Waals surface area contributed by atoms with E-state index in [9.17, 15) is 14.7 Å². The average molecular weight is 487 g/mol. The molecule has 4 nitrogen and oxygen atoms in total. The second-order valence-corrected chi connectivity index (χ2v) is 11.0. The number of Topliss-reactive ketones (excluding diaryl/α,β-unsaturated/α-hetero) is 1. The third kappa shape index (κ3) is 9.04. The molecule has 1 unspecified atom stereocenters. The molecule has 0 saturated heterocycles. The topological polar surface area (TPSA) is 63.6 Å². The van der Waals surface area contributed by atoms with Crippen molar-refractivity contribution in [1.82, 2.24) is 0 Å². The lowest BCUT2D eigenvalue weighted by Crippen LogP contribution is -2.28. The Labute approximate surface area is 214 Å². The van der Waals surface area contributed by atoms with Crippen molar-refractivity contribution in [1.29, 1.82) is 0 Å². The lowest BCUT2D eigenvalue weighted by Gasteiger charge is -2.18. The zero-order valence-corrected chi connectivity index (χ0v) is 23.0. The molecule has 35 heavy (non-hydrogen) atoms.